The lowest BCUT2D eigenvalue weighted by atomic mass is 10.2. The Morgan fingerprint density at radius 3 is 2.68 bits per heavy atom. The second kappa shape index (κ2) is 8.98. The summed E-state index contributed by atoms with van der Waals surface area (Å²) < 4.78 is 37.7. The van der Waals surface area contributed by atoms with Gasteiger partial charge in [0.15, 0.2) is 5.76 Å². The van der Waals surface area contributed by atoms with Crippen LogP contribution in [0.3, 0.4) is 0 Å². The van der Waals surface area contributed by atoms with Crippen molar-refractivity contribution in [2.75, 3.05) is 25.0 Å². The topological polar surface area (TPSA) is 88.8 Å². The minimum Gasteiger partial charge on any atom is -0.491 e. The molecule has 0 atom stereocenters. The SMILES string of the molecule is CCCOc1ccc(Cl)cc1NC(=O)c1ccc(S(=O)(=O)N2CCCCC2)o1. The van der Waals surface area contributed by atoms with Gasteiger partial charge < -0.3 is 14.5 Å². The van der Waals surface area contributed by atoms with Gasteiger partial charge >= 0.3 is 0 Å². The number of ether oxygens (including phenoxy) is 1. The zero-order chi connectivity index (χ0) is 20.1. The maximum Gasteiger partial charge on any atom is 0.291 e. The van der Waals surface area contributed by atoms with Gasteiger partial charge in [-0.1, -0.05) is 24.9 Å². The second-order valence-corrected chi connectivity index (χ2v) is 8.83. The molecule has 1 aromatic carbocycles. The van der Waals surface area contributed by atoms with Gasteiger partial charge in [-0.3, -0.25) is 4.79 Å². The molecule has 1 fully saturated rings. The van der Waals surface area contributed by atoms with E-state index in [0.717, 1.165) is 25.7 Å². The number of furan rings is 1. The Bertz CT molecular complexity index is 936. The zero-order valence-electron chi connectivity index (χ0n) is 15.6. The summed E-state index contributed by atoms with van der Waals surface area (Å²) >= 11 is 6.02. The summed E-state index contributed by atoms with van der Waals surface area (Å²) in [6, 6.07) is 7.56. The molecule has 3 rings (SSSR count). The zero-order valence-corrected chi connectivity index (χ0v) is 17.2. The largest absolute Gasteiger partial charge is 0.491 e. The van der Waals surface area contributed by atoms with Crippen molar-refractivity contribution in [2.24, 2.45) is 0 Å². The third-order valence-corrected chi connectivity index (χ3v) is 6.37. The molecule has 7 nitrogen and oxygen atoms in total. The lowest BCUT2D eigenvalue weighted by Crippen LogP contribution is -2.35. The highest BCUT2D eigenvalue weighted by Crippen LogP contribution is 2.29. The van der Waals surface area contributed by atoms with Gasteiger partial charge in [0.2, 0.25) is 5.09 Å². The molecule has 0 radical (unpaired) electrons. The average molecular weight is 427 g/mol. The van der Waals surface area contributed by atoms with Gasteiger partial charge in [-0.2, -0.15) is 4.31 Å². The van der Waals surface area contributed by atoms with E-state index in [1.807, 2.05) is 6.92 Å². The third kappa shape index (κ3) is 4.68. The first-order valence-corrected chi connectivity index (χ1v) is 11.1. The summed E-state index contributed by atoms with van der Waals surface area (Å²) in [6.45, 7) is 3.39. The first-order chi connectivity index (χ1) is 13.4. The highest BCUT2D eigenvalue weighted by atomic mass is 35.5. The van der Waals surface area contributed by atoms with Crippen LogP contribution in [0.15, 0.2) is 39.8 Å². The van der Waals surface area contributed by atoms with Crippen molar-refractivity contribution >= 4 is 33.2 Å². The number of nitrogens with one attached hydrogen (secondary N) is 1. The molecule has 0 aliphatic carbocycles. The maximum absolute atomic E-state index is 12.7. The number of nitrogens with zero attached hydrogens (tertiary/aromatic N) is 1. The fraction of sp³-hybridized carbons (Fsp3) is 0.421. The van der Waals surface area contributed by atoms with Crippen LogP contribution in [-0.2, 0) is 10.0 Å². The number of anilines is 1. The van der Waals surface area contributed by atoms with E-state index in [0.29, 0.717) is 36.2 Å². The number of hydrogen-bond donors (Lipinski definition) is 1. The van der Waals surface area contributed by atoms with E-state index < -0.39 is 15.9 Å². The van der Waals surface area contributed by atoms with Crippen molar-refractivity contribution < 1.29 is 22.4 Å². The molecule has 152 valence electrons. The number of carbonyl (C=O) groups is 1. The fourth-order valence-corrected chi connectivity index (χ4v) is 4.54. The van der Waals surface area contributed by atoms with Crippen LogP contribution < -0.4 is 10.1 Å². The summed E-state index contributed by atoms with van der Waals surface area (Å²) in [6.07, 6.45) is 3.47. The number of halogens is 1. The summed E-state index contributed by atoms with van der Waals surface area (Å²) in [5.41, 5.74) is 0.391. The first kappa shape index (κ1) is 20.7. The third-order valence-electron chi connectivity index (χ3n) is 4.37. The molecule has 0 spiro atoms. The van der Waals surface area contributed by atoms with Gasteiger partial charge in [0.1, 0.15) is 5.75 Å². The van der Waals surface area contributed by atoms with E-state index in [2.05, 4.69) is 5.32 Å². The fourth-order valence-electron chi connectivity index (χ4n) is 2.93. The highest BCUT2D eigenvalue weighted by molar-refractivity contribution is 7.89. The second-order valence-electron chi connectivity index (χ2n) is 6.53. The Morgan fingerprint density at radius 2 is 1.96 bits per heavy atom. The lowest BCUT2D eigenvalue weighted by Gasteiger charge is -2.24. The number of sulfonamides is 1. The molecule has 0 unspecified atom stereocenters. The Kier molecular flexibility index (Phi) is 6.64. The van der Waals surface area contributed by atoms with Gasteiger partial charge in [-0.25, -0.2) is 8.42 Å². The van der Waals surface area contributed by atoms with Crippen LogP contribution in [0.2, 0.25) is 5.02 Å². The van der Waals surface area contributed by atoms with Gasteiger partial charge in [0, 0.05) is 18.1 Å². The molecule has 1 amide bonds. The summed E-state index contributed by atoms with van der Waals surface area (Å²) in [7, 11) is -3.73. The molecule has 28 heavy (non-hydrogen) atoms. The molecule has 9 heteroatoms. The van der Waals surface area contributed by atoms with Crippen LogP contribution in [-0.4, -0.2) is 38.3 Å². The van der Waals surface area contributed by atoms with Crippen molar-refractivity contribution in [3.63, 3.8) is 0 Å². The number of hydrogen-bond acceptors (Lipinski definition) is 5. The van der Waals surface area contributed by atoms with Crippen LogP contribution in [0.25, 0.3) is 0 Å². The van der Waals surface area contributed by atoms with E-state index in [-0.39, 0.29) is 10.9 Å². The van der Waals surface area contributed by atoms with Crippen LogP contribution >= 0.6 is 11.6 Å². The van der Waals surface area contributed by atoms with Crippen LogP contribution in [0, 0.1) is 0 Å². The van der Waals surface area contributed by atoms with Gasteiger partial charge in [0.05, 0.1) is 12.3 Å². The van der Waals surface area contributed by atoms with Crippen molar-refractivity contribution in [1.29, 1.82) is 0 Å². The first-order valence-electron chi connectivity index (χ1n) is 9.25. The molecule has 0 bridgehead atoms. The van der Waals surface area contributed by atoms with Gasteiger partial charge in [-0.15, -0.1) is 0 Å². The predicted molar refractivity (Wildman–Crippen MR) is 107 cm³/mol. The quantitative estimate of drug-likeness (QED) is 0.718. The Labute approximate surface area is 169 Å². The van der Waals surface area contributed by atoms with Crippen molar-refractivity contribution in [3.05, 3.63) is 41.1 Å². The molecule has 2 aromatic rings. The van der Waals surface area contributed by atoms with E-state index in [4.69, 9.17) is 20.8 Å². The summed E-state index contributed by atoms with van der Waals surface area (Å²) in [5.74, 6) is -0.201. The number of carbonyl (C=O) groups excluding carboxylic acids is 1. The number of rotatable bonds is 7. The van der Waals surface area contributed by atoms with E-state index in [1.165, 1.54) is 16.4 Å². The smallest absolute Gasteiger partial charge is 0.291 e. The van der Waals surface area contributed by atoms with Crippen molar-refractivity contribution in [3.8, 4) is 5.75 Å². The average Bonchev–Trinajstić information content (AvgIpc) is 3.19. The Balaban J connectivity index is 1.77. The molecule has 2 heterocycles. The van der Waals surface area contributed by atoms with E-state index in [1.54, 1.807) is 18.2 Å². The summed E-state index contributed by atoms with van der Waals surface area (Å²) in [4.78, 5) is 12.6. The van der Waals surface area contributed by atoms with Crippen molar-refractivity contribution in [1.82, 2.24) is 4.31 Å². The molecular formula is C19H23ClN2O5S. The normalized spacial score (nSPS) is 15.4. The molecular weight excluding hydrogens is 404 g/mol. The molecule has 1 aliphatic heterocycles. The highest BCUT2D eigenvalue weighted by Gasteiger charge is 2.29. The number of benzene rings is 1. The molecule has 1 saturated heterocycles. The molecule has 1 N–H and O–H groups in total. The van der Waals surface area contributed by atoms with E-state index >= 15 is 0 Å². The van der Waals surface area contributed by atoms with Crippen molar-refractivity contribution in [2.45, 2.75) is 37.7 Å². The van der Waals surface area contributed by atoms with Crippen LogP contribution in [0.1, 0.15) is 43.2 Å². The standard InChI is InChI=1S/C19H23ClN2O5S/c1-2-12-26-16-7-6-14(20)13-15(16)21-19(23)17-8-9-18(27-17)28(24,25)22-10-4-3-5-11-22/h6-9,13H,2-5,10-12H2,1H3,(H,21,23). The van der Waals surface area contributed by atoms with Crippen LogP contribution in [0.5, 0.6) is 5.75 Å². The Hall–Kier alpha value is -2.03. The monoisotopic (exact) mass is 426 g/mol. The Morgan fingerprint density at radius 1 is 1.21 bits per heavy atom. The maximum atomic E-state index is 12.7. The number of amides is 1. The molecule has 0 saturated carbocycles. The minimum absolute atomic E-state index is 0.1000. The van der Waals surface area contributed by atoms with E-state index in [9.17, 15) is 13.2 Å². The van der Waals surface area contributed by atoms with Crippen LogP contribution in [0.4, 0.5) is 5.69 Å². The lowest BCUT2D eigenvalue weighted by molar-refractivity contribution is 0.0990. The summed E-state index contributed by atoms with van der Waals surface area (Å²) in [5, 5.41) is 2.88. The minimum atomic E-state index is -3.73. The van der Waals surface area contributed by atoms with Gasteiger partial charge in [0.25, 0.3) is 15.9 Å². The molecule has 1 aromatic heterocycles. The number of piperidine rings is 1. The molecule has 1 aliphatic rings. The predicted octanol–water partition coefficient (Wildman–Crippen LogP) is 4.15. The van der Waals surface area contributed by atoms with Gasteiger partial charge in [-0.05, 0) is 49.6 Å².